The number of benzene rings is 1. The predicted molar refractivity (Wildman–Crippen MR) is 74.1 cm³/mol. The molecule has 110 valence electrons. The zero-order chi connectivity index (χ0) is 14.0. The van der Waals surface area contributed by atoms with E-state index in [2.05, 4.69) is 9.72 Å². The van der Waals surface area contributed by atoms with Crippen LogP contribution in [0.15, 0.2) is 30.5 Å². The number of fused-ring (bicyclic) bond motifs is 1. The number of hydrogen-bond donors (Lipinski definition) is 2. The second kappa shape index (κ2) is 6.19. The number of para-hydroxylation sites is 1. The number of halogens is 3. The lowest BCUT2D eigenvalue weighted by molar-refractivity contribution is -0.174. The van der Waals surface area contributed by atoms with E-state index in [1.54, 1.807) is 24.3 Å². The number of nitrogens with two attached hydrogens (primary N) is 1. The van der Waals surface area contributed by atoms with Crippen molar-refractivity contribution < 1.29 is 18.3 Å². The van der Waals surface area contributed by atoms with Crippen LogP contribution in [0.2, 0.25) is 0 Å². The number of nitrogens with one attached hydrogen (secondary N) is 1. The van der Waals surface area contributed by atoms with Gasteiger partial charge < -0.3 is 15.5 Å². The van der Waals surface area contributed by atoms with E-state index in [1.807, 2.05) is 0 Å². The lowest BCUT2D eigenvalue weighted by atomic mass is 10.0. The molecule has 20 heavy (non-hydrogen) atoms. The fourth-order valence-electron chi connectivity index (χ4n) is 1.90. The van der Waals surface area contributed by atoms with Crippen molar-refractivity contribution in [3.63, 3.8) is 0 Å². The van der Waals surface area contributed by atoms with Gasteiger partial charge in [0.25, 0.3) is 0 Å². The van der Waals surface area contributed by atoms with Gasteiger partial charge in [0, 0.05) is 22.7 Å². The van der Waals surface area contributed by atoms with Crippen LogP contribution >= 0.6 is 12.4 Å². The molecule has 0 aliphatic heterocycles. The molecule has 1 aromatic heterocycles. The molecule has 0 saturated heterocycles. The first kappa shape index (κ1) is 16.4. The molecule has 0 radical (unpaired) electrons. The normalized spacial score (nSPS) is 12.8. The van der Waals surface area contributed by atoms with Crippen LogP contribution in [-0.4, -0.2) is 23.5 Å². The minimum absolute atomic E-state index is 0. The van der Waals surface area contributed by atoms with Crippen LogP contribution in [0.5, 0.6) is 0 Å². The van der Waals surface area contributed by atoms with E-state index < -0.39 is 17.9 Å². The summed E-state index contributed by atoms with van der Waals surface area (Å²) in [6.45, 7) is 1.35. The molecule has 0 fully saturated rings. The standard InChI is InChI=1S/C13H14F2N2O2.ClH/c1-2-19-12(18)13(14,15)11(16)9-7-17-10-6-4-3-5-8(9)10;/h3-7,11,17H,2,16H2,1H3;1H/t11-;/m0./s1. The highest BCUT2D eigenvalue weighted by molar-refractivity contribution is 5.86. The van der Waals surface area contributed by atoms with E-state index in [0.717, 1.165) is 0 Å². The monoisotopic (exact) mass is 304 g/mol. The highest BCUT2D eigenvalue weighted by Gasteiger charge is 2.48. The van der Waals surface area contributed by atoms with Crippen LogP contribution in [0.25, 0.3) is 10.9 Å². The summed E-state index contributed by atoms with van der Waals surface area (Å²) < 4.78 is 32.1. The molecule has 2 rings (SSSR count). The molecule has 0 spiro atoms. The number of carbonyl (C=O) groups excluding carboxylic acids is 1. The molecule has 2 aromatic rings. The van der Waals surface area contributed by atoms with Gasteiger partial charge in [-0.3, -0.25) is 0 Å². The molecule has 1 aromatic carbocycles. The van der Waals surface area contributed by atoms with Gasteiger partial charge in [-0.05, 0) is 13.0 Å². The van der Waals surface area contributed by atoms with E-state index in [-0.39, 0.29) is 24.6 Å². The number of aromatic nitrogens is 1. The lowest BCUT2D eigenvalue weighted by Crippen LogP contribution is -2.41. The van der Waals surface area contributed by atoms with Gasteiger partial charge in [0.15, 0.2) is 0 Å². The van der Waals surface area contributed by atoms with Crippen molar-refractivity contribution in [2.75, 3.05) is 6.61 Å². The number of ether oxygens (including phenoxy) is 1. The summed E-state index contributed by atoms with van der Waals surface area (Å²) in [6.07, 6.45) is 1.39. The van der Waals surface area contributed by atoms with Crippen molar-refractivity contribution in [3.8, 4) is 0 Å². The highest BCUT2D eigenvalue weighted by Crippen LogP contribution is 2.34. The summed E-state index contributed by atoms with van der Waals surface area (Å²) in [6, 6.07) is 5.16. The molecule has 4 nitrogen and oxygen atoms in total. The average molecular weight is 305 g/mol. The summed E-state index contributed by atoms with van der Waals surface area (Å²) in [5, 5.41) is 0.568. The van der Waals surface area contributed by atoms with E-state index in [1.165, 1.54) is 13.1 Å². The summed E-state index contributed by atoms with van der Waals surface area (Å²) in [7, 11) is 0. The Morgan fingerprint density at radius 1 is 1.45 bits per heavy atom. The van der Waals surface area contributed by atoms with Crippen LogP contribution in [0.3, 0.4) is 0 Å². The number of esters is 1. The van der Waals surface area contributed by atoms with Crippen LogP contribution < -0.4 is 5.73 Å². The molecule has 0 amide bonds. The molecule has 3 N–H and O–H groups in total. The zero-order valence-corrected chi connectivity index (χ0v) is 11.5. The van der Waals surface area contributed by atoms with Crippen LogP contribution in [0, 0.1) is 0 Å². The van der Waals surface area contributed by atoms with Crippen molar-refractivity contribution in [1.29, 1.82) is 0 Å². The molecule has 0 aliphatic rings. The van der Waals surface area contributed by atoms with Crippen LogP contribution in [-0.2, 0) is 9.53 Å². The summed E-state index contributed by atoms with van der Waals surface area (Å²) >= 11 is 0. The Morgan fingerprint density at radius 2 is 2.10 bits per heavy atom. The highest BCUT2D eigenvalue weighted by atomic mass is 35.5. The maximum Gasteiger partial charge on any atom is 0.379 e. The molecule has 0 unspecified atom stereocenters. The van der Waals surface area contributed by atoms with Gasteiger partial charge in [-0.1, -0.05) is 18.2 Å². The molecule has 7 heteroatoms. The molecule has 1 atom stereocenters. The van der Waals surface area contributed by atoms with Gasteiger partial charge in [-0.15, -0.1) is 12.4 Å². The Morgan fingerprint density at radius 3 is 2.75 bits per heavy atom. The first-order valence-corrected chi connectivity index (χ1v) is 5.85. The average Bonchev–Trinajstić information content (AvgIpc) is 2.81. The van der Waals surface area contributed by atoms with E-state index in [4.69, 9.17) is 5.73 Å². The van der Waals surface area contributed by atoms with Crippen LogP contribution in [0.4, 0.5) is 8.78 Å². The van der Waals surface area contributed by atoms with Crippen molar-refractivity contribution in [2.24, 2.45) is 5.73 Å². The molecular weight excluding hydrogens is 290 g/mol. The van der Waals surface area contributed by atoms with Gasteiger partial charge in [-0.2, -0.15) is 8.78 Å². The van der Waals surface area contributed by atoms with Gasteiger partial charge in [0.05, 0.1) is 6.61 Å². The third-order valence-corrected chi connectivity index (χ3v) is 2.89. The Kier molecular flexibility index (Phi) is 5.08. The Hall–Kier alpha value is -1.66. The van der Waals surface area contributed by atoms with E-state index in [0.29, 0.717) is 10.9 Å². The van der Waals surface area contributed by atoms with Gasteiger partial charge in [-0.25, -0.2) is 4.79 Å². The zero-order valence-electron chi connectivity index (χ0n) is 10.7. The second-order valence-electron chi connectivity index (χ2n) is 4.11. The van der Waals surface area contributed by atoms with E-state index >= 15 is 0 Å². The quantitative estimate of drug-likeness (QED) is 0.853. The lowest BCUT2D eigenvalue weighted by Gasteiger charge is -2.21. The summed E-state index contributed by atoms with van der Waals surface area (Å²) in [5.41, 5.74) is 6.42. The van der Waals surface area contributed by atoms with Gasteiger partial charge >= 0.3 is 11.9 Å². The first-order chi connectivity index (χ1) is 8.98. The van der Waals surface area contributed by atoms with Crippen molar-refractivity contribution in [1.82, 2.24) is 4.98 Å². The molecular formula is C13H15ClF2N2O2. The number of carbonyl (C=O) groups is 1. The number of rotatable bonds is 4. The maximum absolute atomic E-state index is 13.9. The number of hydrogen-bond acceptors (Lipinski definition) is 3. The van der Waals surface area contributed by atoms with Gasteiger partial charge in [0.1, 0.15) is 6.04 Å². The third-order valence-electron chi connectivity index (χ3n) is 2.89. The van der Waals surface area contributed by atoms with Crippen molar-refractivity contribution in [3.05, 3.63) is 36.0 Å². The summed E-state index contributed by atoms with van der Waals surface area (Å²) in [5.74, 6) is -5.37. The largest absolute Gasteiger partial charge is 0.462 e. The Bertz CT molecular complexity index is 601. The van der Waals surface area contributed by atoms with Crippen LogP contribution in [0.1, 0.15) is 18.5 Å². The number of aromatic amines is 1. The van der Waals surface area contributed by atoms with Crippen molar-refractivity contribution >= 4 is 29.3 Å². The minimum atomic E-state index is -3.76. The SMILES string of the molecule is CCOC(=O)C(F)(F)[C@@H](N)c1c[nH]c2ccccc12.Cl. The molecule has 1 heterocycles. The topological polar surface area (TPSA) is 68.1 Å². The first-order valence-electron chi connectivity index (χ1n) is 5.85. The Labute approximate surface area is 120 Å². The number of alkyl halides is 2. The number of H-pyrrole nitrogens is 1. The van der Waals surface area contributed by atoms with Crippen molar-refractivity contribution in [2.45, 2.75) is 18.9 Å². The van der Waals surface area contributed by atoms with Gasteiger partial charge in [0.2, 0.25) is 0 Å². The predicted octanol–water partition coefficient (Wildman–Crippen LogP) is 2.79. The molecule has 0 saturated carbocycles. The fraction of sp³-hybridized carbons (Fsp3) is 0.308. The summed E-state index contributed by atoms with van der Waals surface area (Å²) in [4.78, 5) is 14.1. The Balaban J connectivity index is 0.00000200. The smallest absolute Gasteiger partial charge is 0.379 e. The van der Waals surface area contributed by atoms with E-state index in [9.17, 15) is 13.6 Å². The molecule has 0 bridgehead atoms. The fourth-order valence-corrected chi connectivity index (χ4v) is 1.90. The minimum Gasteiger partial charge on any atom is -0.462 e. The third kappa shape index (κ3) is 2.76. The molecule has 0 aliphatic carbocycles. The maximum atomic E-state index is 13.9. The second-order valence-corrected chi connectivity index (χ2v) is 4.11.